The van der Waals surface area contributed by atoms with Crippen molar-refractivity contribution >= 4 is 41.6 Å². The number of rotatable bonds is 11. The van der Waals surface area contributed by atoms with Gasteiger partial charge in [0.25, 0.3) is 11.8 Å². The molecule has 17 heteroatoms. The lowest BCUT2D eigenvalue weighted by Crippen LogP contribution is -2.51. The summed E-state index contributed by atoms with van der Waals surface area (Å²) in [6.07, 6.45) is 4.20. The fraction of sp³-hybridized carbons (Fsp3) is 0.366. The van der Waals surface area contributed by atoms with E-state index in [0.717, 1.165) is 29.7 Å². The highest BCUT2D eigenvalue weighted by molar-refractivity contribution is 6.04. The van der Waals surface area contributed by atoms with Gasteiger partial charge in [0, 0.05) is 18.7 Å². The highest BCUT2D eigenvalue weighted by atomic mass is 16.5. The number of carbonyl (C=O) groups is 6. The van der Waals surface area contributed by atoms with Crippen LogP contribution in [0.1, 0.15) is 63.0 Å². The summed E-state index contributed by atoms with van der Waals surface area (Å²) in [5.41, 5.74) is 4.00. The Bertz CT molecular complexity index is 2110. The highest BCUT2D eigenvalue weighted by Crippen LogP contribution is 2.33. The molecule has 0 saturated carbocycles. The number of imide groups is 1. The number of pyridine rings is 1. The molecule has 7 amide bonds. The number of urea groups is 1. The minimum Gasteiger partial charge on any atom is -0.453 e. The summed E-state index contributed by atoms with van der Waals surface area (Å²) in [6.45, 7) is 4.58. The number of benzene rings is 2. The Morgan fingerprint density at radius 3 is 2.10 bits per heavy atom. The fourth-order valence-corrected chi connectivity index (χ4v) is 7.24. The summed E-state index contributed by atoms with van der Waals surface area (Å²) < 4.78 is 9.45. The molecule has 2 fully saturated rings. The number of nitrogens with one attached hydrogen (secondary N) is 5. The van der Waals surface area contributed by atoms with Gasteiger partial charge in [-0.15, -0.1) is 0 Å². The molecule has 5 N–H and O–H groups in total. The van der Waals surface area contributed by atoms with Crippen LogP contribution in [-0.2, 0) is 23.9 Å². The number of hydrogen-bond donors (Lipinski definition) is 5. The van der Waals surface area contributed by atoms with Crippen LogP contribution in [0.3, 0.4) is 0 Å². The third-order valence-electron chi connectivity index (χ3n) is 10.3. The van der Waals surface area contributed by atoms with Crippen molar-refractivity contribution in [2.75, 3.05) is 32.6 Å². The summed E-state index contributed by atoms with van der Waals surface area (Å²) >= 11 is 0. The lowest BCUT2D eigenvalue weighted by atomic mass is 10.0. The van der Waals surface area contributed by atoms with Crippen LogP contribution in [-0.4, -0.2) is 100 Å². The average molecular weight is 794 g/mol. The van der Waals surface area contributed by atoms with E-state index in [-0.39, 0.29) is 24.4 Å². The van der Waals surface area contributed by atoms with Crippen LogP contribution in [0.15, 0.2) is 79.1 Å². The monoisotopic (exact) mass is 793 g/mol. The maximum atomic E-state index is 13.6. The molecule has 0 bridgehead atoms. The number of imidazole rings is 1. The molecule has 58 heavy (non-hydrogen) atoms. The van der Waals surface area contributed by atoms with E-state index in [1.807, 2.05) is 38.1 Å². The zero-order valence-corrected chi connectivity index (χ0v) is 32.7. The Kier molecular flexibility index (Phi) is 13.0. The second kappa shape index (κ2) is 18.4. The van der Waals surface area contributed by atoms with E-state index < -0.39 is 48.2 Å². The first-order valence-electron chi connectivity index (χ1n) is 19.1. The zero-order chi connectivity index (χ0) is 41.3. The predicted molar refractivity (Wildman–Crippen MR) is 212 cm³/mol. The Hall–Kier alpha value is -6.78. The van der Waals surface area contributed by atoms with Gasteiger partial charge in [0.05, 0.1) is 49.7 Å². The lowest BCUT2D eigenvalue weighted by Gasteiger charge is -2.30. The maximum absolute atomic E-state index is 13.6. The SMILES string of the molecule is COC(=O)NC(C(=O)N1CCCC1C(=O)NC(=O)Nc1ccc(-c2ccc(-c3cnc(C4CCCN4C(=O)[C@@H](NC(=O)OC)C(C)C)[nH]3)cc2)nc1)c1ccccc1. The number of carbonyl (C=O) groups excluding carboxylic acids is 6. The summed E-state index contributed by atoms with van der Waals surface area (Å²) in [5.74, 6) is -0.789. The van der Waals surface area contributed by atoms with Gasteiger partial charge in [0.2, 0.25) is 5.91 Å². The second-order valence-corrected chi connectivity index (χ2v) is 14.4. The molecule has 2 aromatic heterocycles. The smallest absolute Gasteiger partial charge is 0.407 e. The van der Waals surface area contributed by atoms with Gasteiger partial charge < -0.3 is 40.2 Å². The Balaban J connectivity index is 1.04. The average Bonchev–Trinajstić information content (AvgIpc) is 4.04. The molecule has 0 radical (unpaired) electrons. The highest BCUT2D eigenvalue weighted by Gasteiger charge is 2.40. The second-order valence-electron chi connectivity index (χ2n) is 14.4. The molecule has 4 aromatic rings. The van der Waals surface area contributed by atoms with Gasteiger partial charge >= 0.3 is 18.2 Å². The topological polar surface area (TPSA) is 217 Å². The lowest BCUT2D eigenvalue weighted by molar-refractivity contribution is -0.139. The molecule has 0 spiro atoms. The van der Waals surface area contributed by atoms with Gasteiger partial charge in [-0.25, -0.2) is 19.4 Å². The predicted octanol–water partition coefficient (Wildman–Crippen LogP) is 4.92. The normalized spacial score (nSPS) is 17.3. The van der Waals surface area contributed by atoms with E-state index in [1.165, 1.54) is 25.3 Å². The molecule has 2 aliphatic heterocycles. The van der Waals surface area contributed by atoms with Crippen molar-refractivity contribution < 1.29 is 38.2 Å². The number of hydrogen-bond acceptors (Lipinski definition) is 10. The number of likely N-dealkylation sites (tertiary alicyclic amines) is 2. The number of nitrogens with zero attached hydrogens (tertiary/aromatic N) is 4. The van der Waals surface area contributed by atoms with Crippen LogP contribution in [0.4, 0.5) is 20.1 Å². The Morgan fingerprint density at radius 2 is 1.43 bits per heavy atom. The molecular formula is C41H47N9O8. The number of aromatic nitrogens is 3. The summed E-state index contributed by atoms with van der Waals surface area (Å²) in [7, 11) is 2.46. The Labute approximate surface area is 335 Å². The van der Waals surface area contributed by atoms with Gasteiger partial charge in [0.15, 0.2) is 0 Å². The standard InChI is InChI=1S/C41H47N9O8/c1-24(2)33(46-40(55)57-3)37(52)49-20-8-12-31(49)35-43-23-30(45-35)26-16-14-25(15-17-26)29-19-18-28(22-42-29)44-39(54)48-36(51)32-13-9-21-50(32)38(53)34(47-41(56)58-4)27-10-6-5-7-11-27/h5-7,10-11,14-19,22-24,31-34H,8-9,12-13,20-21H2,1-4H3,(H,43,45)(H,46,55)(H,47,56)(H2,44,48,51,54)/t31?,32?,33-,34?/m0/s1. The van der Waals surface area contributed by atoms with Gasteiger partial charge in [-0.3, -0.25) is 24.7 Å². The quantitative estimate of drug-likeness (QED) is 0.138. The van der Waals surface area contributed by atoms with Gasteiger partial charge in [-0.2, -0.15) is 0 Å². The van der Waals surface area contributed by atoms with E-state index >= 15 is 0 Å². The number of aromatic amines is 1. The fourth-order valence-electron chi connectivity index (χ4n) is 7.24. The van der Waals surface area contributed by atoms with E-state index in [0.29, 0.717) is 42.2 Å². The molecule has 0 aliphatic carbocycles. The largest absolute Gasteiger partial charge is 0.453 e. The minimum atomic E-state index is -1.08. The summed E-state index contributed by atoms with van der Waals surface area (Å²) in [5, 5.41) is 10.2. The number of methoxy groups -OCH3 is 2. The van der Waals surface area contributed by atoms with Crippen LogP contribution in [0, 0.1) is 5.92 Å². The van der Waals surface area contributed by atoms with Crippen molar-refractivity contribution in [3.05, 3.63) is 90.5 Å². The molecule has 2 aliphatic rings. The number of anilines is 1. The first-order chi connectivity index (χ1) is 28.0. The first-order valence-corrected chi connectivity index (χ1v) is 19.1. The van der Waals surface area contributed by atoms with Crippen LogP contribution in [0.5, 0.6) is 0 Å². The van der Waals surface area contributed by atoms with Crippen molar-refractivity contribution in [2.24, 2.45) is 5.92 Å². The molecule has 304 valence electrons. The Morgan fingerprint density at radius 1 is 0.759 bits per heavy atom. The maximum Gasteiger partial charge on any atom is 0.407 e. The molecule has 6 rings (SSSR count). The molecule has 4 atom stereocenters. The van der Waals surface area contributed by atoms with Crippen molar-refractivity contribution in [3.63, 3.8) is 0 Å². The number of ether oxygens (including phenoxy) is 2. The molecule has 3 unspecified atom stereocenters. The molecule has 17 nitrogen and oxygen atoms in total. The van der Waals surface area contributed by atoms with Crippen molar-refractivity contribution in [2.45, 2.75) is 63.7 Å². The minimum absolute atomic E-state index is 0.135. The van der Waals surface area contributed by atoms with Crippen molar-refractivity contribution in [1.82, 2.24) is 40.7 Å². The van der Waals surface area contributed by atoms with Crippen LogP contribution in [0.25, 0.3) is 22.5 Å². The molecule has 2 saturated heterocycles. The van der Waals surface area contributed by atoms with Gasteiger partial charge in [-0.1, -0.05) is 68.4 Å². The van der Waals surface area contributed by atoms with E-state index in [1.54, 1.807) is 53.6 Å². The van der Waals surface area contributed by atoms with Crippen LogP contribution in [0.2, 0.25) is 0 Å². The molecule has 2 aromatic carbocycles. The van der Waals surface area contributed by atoms with Crippen LogP contribution >= 0.6 is 0 Å². The summed E-state index contributed by atoms with van der Waals surface area (Å²) in [6, 6.07) is 16.0. The van der Waals surface area contributed by atoms with Crippen molar-refractivity contribution in [1.29, 1.82) is 0 Å². The zero-order valence-electron chi connectivity index (χ0n) is 32.7. The van der Waals surface area contributed by atoms with E-state index in [9.17, 15) is 28.8 Å². The van der Waals surface area contributed by atoms with E-state index in [4.69, 9.17) is 9.47 Å². The number of amides is 7. The van der Waals surface area contributed by atoms with Gasteiger partial charge in [-0.05, 0) is 54.9 Å². The number of alkyl carbamates (subject to hydrolysis) is 2. The third kappa shape index (κ3) is 9.42. The van der Waals surface area contributed by atoms with E-state index in [2.05, 4.69) is 36.2 Å². The molecular weight excluding hydrogens is 747 g/mol. The van der Waals surface area contributed by atoms with Gasteiger partial charge in [0.1, 0.15) is 23.9 Å². The molecule has 4 heterocycles. The summed E-state index contributed by atoms with van der Waals surface area (Å²) in [4.78, 5) is 92.8. The third-order valence-corrected chi connectivity index (χ3v) is 10.3. The first kappa shape index (κ1) is 40.9. The number of H-pyrrole nitrogens is 1. The van der Waals surface area contributed by atoms with Crippen molar-refractivity contribution in [3.8, 4) is 22.5 Å². The van der Waals surface area contributed by atoms with Crippen LogP contribution < -0.4 is 21.3 Å².